The predicted octanol–water partition coefficient (Wildman–Crippen LogP) is 4.44. The maximum absolute atomic E-state index is 12.7. The maximum atomic E-state index is 12.7. The highest BCUT2D eigenvalue weighted by molar-refractivity contribution is 7.71. The average molecular weight is 439 g/mol. The molecule has 2 N–H and O–H groups in total. The number of pyridine rings is 1. The van der Waals surface area contributed by atoms with Crippen LogP contribution in [-0.2, 0) is 11.3 Å². The third-order valence-corrected chi connectivity index (χ3v) is 6.00. The molecule has 0 bridgehead atoms. The Balaban J connectivity index is 1.40. The SMILES string of the molecule is O=C(CCn1c(=S)[nH]c2ccccc2c1=O)Nc1ncccc1OCC1CCCCC1. The number of nitrogens with one attached hydrogen (secondary N) is 2. The van der Waals surface area contributed by atoms with E-state index in [4.69, 9.17) is 17.0 Å². The van der Waals surface area contributed by atoms with Gasteiger partial charge < -0.3 is 15.0 Å². The number of nitrogens with zero attached hydrogens (tertiary/aromatic N) is 2. The van der Waals surface area contributed by atoms with Gasteiger partial charge in [-0.05, 0) is 55.2 Å². The molecular formula is C23H26N4O3S. The van der Waals surface area contributed by atoms with Crippen LogP contribution in [0.25, 0.3) is 10.9 Å². The van der Waals surface area contributed by atoms with Crippen LogP contribution in [0.3, 0.4) is 0 Å². The van der Waals surface area contributed by atoms with E-state index in [1.807, 2.05) is 12.1 Å². The van der Waals surface area contributed by atoms with Gasteiger partial charge in [0.25, 0.3) is 5.56 Å². The second kappa shape index (κ2) is 9.87. The number of H-pyrrole nitrogens is 1. The van der Waals surface area contributed by atoms with E-state index in [1.165, 1.54) is 36.7 Å². The average Bonchev–Trinajstić information content (AvgIpc) is 2.79. The zero-order chi connectivity index (χ0) is 21.6. The molecule has 7 nitrogen and oxygen atoms in total. The summed E-state index contributed by atoms with van der Waals surface area (Å²) in [6.07, 6.45) is 7.88. The van der Waals surface area contributed by atoms with Gasteiger partial charge in [-0.1, -0.05) is 31.4 Å². The topological polar surface area (TPSA) is 89.0 Å². The Hall–Kier alpha value is -3.00. The molecule has 0 saturated heterocycles. The molecule has 1 fully saturated rings. The lowest BCUT2D eigenvalue weighted by Gasteiger charge is -2.22. The van der Waals surface area contributed by atoms with Crippen LogP contribution in [0.4, 0.5) is 5.82 Å². The minimum atomic E-state index is -0.254. The Morgan fingerprint density at radius 3 is 2.84 bits per heavy atom. The van der Waals surface area contributed by atoms with Crippen molar-refractivity contribution < 1.29 is 9.53 Å². The normalized spacial score (nSPS) is 14.5. The van der Waals surface area contributed by atoms with Crippen molar-refractivity contribution in [3.63, 3.8) is 0 Å². The van der Waals surface area contributed by atoms with Crippen molar-refractivity contribution in [2.24, 2.45) is 5.92 Å². The number of hydrogen-bond donors (Lipinski definition) is 2. The van der Waals surface area contributed by atoms with Crippen LogP contribution in [0.2, 0.25) is 0 Å². The number of aromatic amines is 1. The van der Waals surface area contributed by atoms with Crippen molar-refractivity contribution in [2.45, 2.75) is 45.1 Å². The molecule has 0 atom stereocenters. The molecule has 2 aromatic heterocycles. The maximum Gasteiger partial charge on any atom is 0.262 e. The monoisotopic (exact) mass is 438 g/mol. The van der Waals surface area contributed by atoms with Crippen LogP contribution in [0.5, 0.6) is 5.75 Å². The number of ether oxygens (including phenoxy) is 1. The molecule has 4 rings (SSSR count). The van der Waals surface area contributed by atoms with Gasteiger partial charge in [-0.2, -0.15) is 0 Å². The summed E-state index contributed by atoms with van der Waals surface area (Å²) in [7, 11) is 0. The summed E-state index contributed by atoms with van der Waals surface area (Å²) >= 11 is 5.31. The largest absolute Gasteiger partial charge is 0.489 e. The van der Waals surface area contributed by atoms with Gasteiger partial charge in [0, 0.05) is 19.2 Å². The first-order valence-electron chi connectivity index (χ1n) is 10.7. The Bertz CT molecular complexity index is 1180. The van der Waals surface area contributed by atoms with Crippen LogP contribution >= 0.6 is 12.2 Å². The Morgan fingerprint density at radius 1 is 1.19 bits per heavy atom. The molecule has 1 aromatic carbocycles. The number of anilines is 1. The minimum absolute atomic E-state index is 0.0916. The fourth-order valence-electron chi connectivity index (χ4n) is 3.97. The van der Waals surface area contributed by atoms with Gasteiger partial charge in [0.15, 0.2) is 16.3 Å². The highest BCUT2D eigenvalue weighted by Gasteiger charge is 2.16. The van der Waals surface area contributed by atoms with Gasteiger partial charge in [-0.25, -0.2) is 4.98 Å². The number of benzene rings is 1. The van der Waals surface area contributed by atoms with Gasteiger partial charge in [-0.3, -0.25) is 14.2 Å². The Morgan fingerprint density at radius 2 is 2.00 bits per heavy atom. The van der Waals surface area contributed by atoms with E-state index in [1.54, 1.807) is 30.5 Å². The molecule has 1 saturated carbocycles. The van der Waals surface area contributed by atoms with Gasteiger partial charge in [0.2, 0.25) is 5.91 Å². The van der Waals surface area contributed by atoms with Crippen molar-refractivity contribution in [1.82, 2.24) is 14.5 Å². The van der Waals surface area contributed by atoms with Crippen LogP contribution in [0, 0.1) is 10.7 Å². The van der Waals surface area contributed by atoms with E-state index in [2.05, 4.69) is 15.3 Å². The Labute approximate surface area is 185 Å². The van der Waals surface area contributed by atoms with Gasteiger partial charge in [0.05, 0.1) is 17.5 Å². The first-order valence-corrected chi connectivity index (χ1v) is 11.1. The van der Waals surface area contributed by atoms with E-state index >= 15 is 0 Å². The Kier molecular flexibility index (Phi) is 6.76. The van der Waals surface area contributed by atoms with Gasteiger partial charge in [0.1, 0.15) is 0 Å². The highest BCUT2D eigenvalue weighted by atomic mass is 32.1. The molecule has 31 heavy (non-hydrogen) atoms. The van der Waals surface area contributed by atoms with Crippen molar-refractivity contribution in [2.75, 3.05) is 11.9 Å². The smallest absolute Gasteiger partial charge is 0.262 e. The number of carbonyl (C=O) groups excluding carboxylic acids is 1. The summed E-state index contributed by atoms with van der Waals surface area (Å²) in [6.45, 7) is 0.812. The summed E-state index contributed by atoms with van der Waals surface area (Å²) in [5.74, 6) is 1.27. The molecular weight excluding hydrogens is 412 g/mol. The van der Waals surface area contributed by atoms with Gasteiger partial charge >= 0.3 is 0 Å². The van der Waals surface area contributed by atoms with Crippen LogP contribution in [-0.4, -0.2) is 27.0 Å². The molecule has 8 heteroatoms. The molecule has 0 unspecified atom stereocenters. The van der Waals surface area contributed by atoms with Crippen molar-refractivity contribution in [3.8, 4) is 5.75 Å². The lowest BCUT2D eigenvalue weighted by Crippen LogP contribution is -2.25. The second-order valence-electron chi connectivity index (χ2n) is 7.90. The fourth-order valence-corrected chi connectivity index (χ4v) is 4.26. The number of hydrogen-bond acceptors (Lipinski definition) is 5. The van der Waals surface area contributed by atoms with Crippen molar-refractivity contribution in [3.05, 3.63) is 57.7 Å². The zero-order valence-corrected chi connectivity index (χ0v) is 18.1. The first kappa shape index (κ1) is 21.2. The third kappa shape index (κ3) is 5.19. The standard InChI is InChI=1S/C23H26N4O3S/c28-20(12-14-27-22(29)17-9-4-5-10-18(17)25-23(27)31)26-21-19(11-6-13-24-21)30-15-16-7-2-1-3-8-16/h4-6,9-11,13,16H,1-3,7-8,12,14-15H2,(H,25,31)(H,24,26,28). The van der Waals surface area contributed by atoms with Crippen LogP contribution < -0.4 is 15.6 Å². The third-order valence-electron chi connectivity index (χ3n) is 5.68. The van der Waals surface area contributed by atoms with E-state index in [0.717, 1.165) is 0 Å². The minimum Gasteiger partial charge on any atom is -0.489 e. The van der Waals surface area contributed by atoms with E-state index in [-0.39, 0.29) is 24.4 Å². The summed E-state index contributed by atoms with van der Waals surface area (Å²) < 4.78 is 7.68. The number of fused-ring (bicyclic) bond motifs is 1. The molecule has 1 aliphatic carbocycles. The van der Waals surface area contributed by atoms with E-state index in [9.17, 15) is 9.59 Å². The second-order valence-corrected chi connectivity index (χ2v) is 8.28. The van der Waals surface area contributed by atoms with Crippen molar-refractivity contribution >= 4 is 34.8 Å². The van der Waals surface area contributed by atoms with Crippen molar-refractivity contribution in [1.29, 1.82) is 0 Å². The molecule has 1 amide bonds. The van der Waals surface area contributed by atoms with E-state index in [0.29, 0.717) is 39.8 Å². The number of carbonyl (C=O) groups is 1. The van der Waals surface area contributed by atoms with Gasteiger partial charge in [-0.15, -0.1) is 0 Å². The number of aromatic nitrogens is 3. The van der Waals surface area contributed by atoms with E-state index < -0.39 is 0 Å². The summed E-state index contributed by atoms with van der Waals surface area (Å²) in [5.41, 5.74) is 0.480. The molecule has 162 valence electrons. The molecule has 0 aliphatic heterocycles. The summed E-state index contributed by atoms with van der Waals surface area (Å²) in [4.78, 5) is 32.6. The molecule has 0 radical (unpaired) electrons. The zero-order valence-electron chi connectivity index (χ0n) is 17.3. The lowest BCUT2D eigenvalue weighted by atomic mass is 9.90. The predicted molar refractivity (Wildman–Crippen MR) is 123 cm³/mol. The molecule has 0 spiro atoms. The number of amides is 1. The fraction of sp³-hybridized carbons (Fsp3) is 0.391. The summed E-state index contributed by atoms with van der Waals surface area (Å²) in [5, 5.41) is 3.35. The van der Waals surface area contributed by atoms with Crippen LogP contribution in [0.15, 0.2) is 47.4 Å². The molecule has 3 aromatic rings. The summed E-state index contributed by atoms with van der Waals surface area (Å²) in [6, 6.07) is 10.8. The molecule has 2 heterocycles. The van der Waals surface area contributed by atoms with Crippen LogP contribution in [0.1, 0.15) is 38.5 Å². The first-order chi connectivity index (χ1) is 15.1. The molecule has 1 aliphatic rings. The number of rotatable bonds is 7. The quantitative estimate of drug-likeness (QED) is 0.532. The highest BCUT2D eigenvalue weighted by Crippen LogP contribution is 2.27. The number of para-hydroxylation sites is 1. The lowest BCUT2D eigenvalue weighted by molar-refractivity contribution is -0.116.